The number of hydrogen-bond acceptors (Lipinski definition) is 3. The fourth-order valence-electron chi connectivity index (χ4n) is 4.17. The van der Waals surface area contributed by atoms with Crippen molar-refractivity contribution in [1.82, 2.24) is 4.90 Å². The molecule has 3 aromatic rings. The summed E-state index contributed by atoms with van der Waals surface area (Å²) in [6, 6.07) is 20.5. The number of ether oxygens (including phenoxy) is 1. The van der Waals surface area contributed by atoms with Gasteiger partial charge in [0.25, 0.3) is 0 Å². The van der Waals surface area contributed by atoms with Gasteiger partial charge in [-0.05, 0) is 48.4 Å². The molecule has 0 aromatic heterocycles. The summed E-state index contributed by atoms with van der Waals surface area (Å²) in [5, 5.41) is 1.09. The normalized spacial score (nSPS) is 15.6. The summed E-state index contributed by atoms with van der Waals surface area (Å²) in [5.41, 5.74) is 3.39. The van der Waals surface area contributed by atoms with E-state index in [9.17, 15) is 4.39 Å². The SMILES string of the molecule is Cc1ccccc1[C@H](CCN1CCN(c2ccccc2Cl)CC1)Oc1ccc(F)cc1Cl. The zero-order valence-corrected chi connectivity index (χ0v) is 19.6. The monoisotopic (exact) mass is 472 g/mol. The van der Waals surface area contributed by atoms with Crippen molar-refractivity contribution in [2.45, 2.75) is 19.4 Å². The van der Waals surface area contributed by atoms with Crippen molar-refractivity contribution in [2.75, 3.05) is 37.6 Å². The van der Waals surface area contributed by atoms with E-state index < -0.39 is 0 Å². The number of para-hydroxylation sites is 1. The topological polar surface area (TPSA) is 15.7 Å². The van der Waals surface area contributed by atoms with Gasteiger partial charge in [0.05, 0.1) is 15.7 Å². The van der Waals surface area contributed by atoms with Crippen molar-refractivity contribution in [2.24, 2.45) is 0 Å². The Labute approximate surface area is 199 Å². The van der Waals surface area contributed by atoms with E-state index >= 15 is 0 Å². The van der Waals surface area contributed by atoms with Crippen LogP contribution in [0.5, 0.6) is 5.75 Å². The van der Waals surface area contributed by atoms with Crippen LogP contribution in [0, 0.1) is 12.7 Å². The lowest BCUT2D eigenvalue weighted by Gasteiger charge is -2.37. The molecule has 1 heterocycles. The van der Waals surface area contributed by atoms with Gasteiger partial charge in [0.2, 0.25) is 0 Å². The van der Waals surface area contributed by atoms with Crippen molar-refractivity contribution in [3.05, 3.63) is 93.7 Å². The summed E-state index contributed by atoms with van der Waals surface area (Å²) in [6.45, 7) is 6.77. The summed E-state index contributed by atoms with van der Waals surface area (Å²) in [4.78, 5) is 4.79. The standard InChI is InChI=1S/C26H27Cl2FN2O/c1-19-6-2-3-7-21(19)25(32-26-11-10-20(29)18-23(26)28)12-13-30-14-16-31(17-15-30)24-9-5-4-8-22(24)27/h2-11,18,25H,12-17H2,1H3/t25-/m0/s1. The first kappa shape index (κ1) is 22.9. The second-order valence-electron chi connectivity index (χ2n) is 8.11. The van der Waals surface area contributed by atoms with Crippen LogP contribution < -0.4 is 9.64 Å². The van der Waals surface area contributed by atoms with Crippen LogP contribution in [0.1, 0.15) is 23.7 Å². The van der Waals surface area contributed by atoms with Gasteiger partial charge in [-0.1, -0.05) is 59.6 Å². The Hall–Kier alpha value is -2.27. The quantitative estimate of drug-likeness (QED) is 0.377. The van der Waals surface area contributed by atoms with E-state index in [-0.39, 0.29) is 16.9 Å². The minimum absolute atomic E-state index is 0.166. The van der Waals surface area contributed by atoms with E-state index in [0.29, 0.717) is 5.75 Å². The first-order chi connectivity index (χ1) is 15.5. The molecule has 0 unspecified atom stereocenters. The van der Waals surface area contributed by atoms with Gasteiger partial charge in [-0.3, -0.25) is 4.90 Å². The molecule has 3 nitrogen and oxygen atoms in total. The summed E-state index contributed by atoms with van der Waals surface area (Å²) < 4.78 is 19.8. The molecule has 32 heavy (non-hydrogen) atoms. The summed E-state index contributed by atoms with van der Waals surface area (Å²) >= 11 is 12.6. The Bertz CT molecular complexity index is 1050. The third-order valence-electron chi connectivity index (χ3n) is 5.97. The molecule has 4 rings (SSSR count). The maximum Gasteiger partial charge on any atom is 0.139 e. The van der Waals surface area contributed by atoms with Crippen molar-refractivity contribution < 1.29 is 9.13 Å². The summed E-state index contributed by atoms with van der Waals surface area (Å²) in [7, 11) is 0. The molecule has 0 radical (unpaired) electrons. The summed E-state index contributed by atoms with van der Waals surface area (Å²) in [5.74, 6) is 0.135. The first-order valence-corrected chi connectivity index (χ1v) is 11.7. The number of anilines is 1. The molecule has 0 bridgehead atoms. The molecule has 0 saturated carbocycles. The Balaban J connectivity index is 1.42. The van der Waals surface area contributed by atoms with E-state index in [1.54, 1.807) is 6.07 Å². The number of nitrogens with zero attached hydrogens (tertiary/aromatic N) is 2. The Morgan fingerprint density at radius 2 is 1.62 bits per heavy atom. The van der Waals surface area contributed by atoms with E-state index in [1.165, 1.54) is 17.7 Å². The lowest BCUT2D eigenvalue weighted by atomic mass is 10.0. The van der Waals surface area contributed by atoms with Gasteiger partial charge in [-0.15, -0.1) is 0 Å². The fraction of sp³-hybridized carbons (Fsp3) is 0.308. The van der Waals surface area contributed by atoms with Crippen molar-refractivity contribution in [3.63, 3.8) is 0 Å². The third kappa shape index (κ3) is 5.55. The van der Waals surface area contributed by atoms with Gasteiger partial charge < -0.3 is 9.64 Å². The molecule has 1 aliphatic heterocycles. The number of hydrogen-bond donors (Lipinski definition) is 0. The molecule has 1 aliphatic rings. The lowest BCUT2D eigenvalue weighted by molar-refractivity contribution is 0.159. The second kappa shape index (κ2) is 10.6. The fourth-order valence-corrected chi connectivity index (χ4v) is 4.64. The van der Waals surface area contributed by atoms with E-state index in [0.717, 1.165) is 55.4 Å². The number of benzene rings is 3. The second-order valence-corrected chi connectivity index (χ2v) is 8.92. The Morgan fingerprint density at radius 1 is 0.906 bits per heavy atom. The smallest absolute Gasteiger partial charge is 0.139 e. The molecule has 0 N–H and O–H groups in total. The first-order valence-electron chi connectivity index (χ1n) is 10.9. The third-order valence-corrected chi connectivity index (χ3v) is 6.59. The van der Waals surface area contributed by atoms with Crippen LogP contribution >= 0.6 is 23.2 Å². The largest absolute Gasteiger partial charge is 0.484 e. The van der Waals surface area contributed by atoms with Gasteiger partial charge in [0.1, 0.15) is 17.7 Å². The van der Waals surface area contributed by atoms with Crippen LogP contribution in [0.3, 0.4) is 0 Å². The molecule has 0 amide bonds. The van der Waals surface area contributed by atoms with Gasteiger partial charge in [0.15, 0.2) is 0 Å². The van der Waals surface area contributed by atoms with Gasteiger partial charge >= 0.3 is 0 Å². The van der Waals surface area contributed by atoms with Crippen LogP contribution in [0.25, 0.3) is 0 Å². The lowest BCUT2D eigenvalue weighted by Crippen LogP contribution is -2.47. The van der Waals surface area contributed by atoms with E-state index in [1.807, 2.05) is 30.3 Å². The minimum Gasteiger partial charge on any atom is -0.484 e. The molecule has 0 spiro atoms. The predicted octanol–water partition coefficient (Wildman–Crippen LogP) is 6.77. The maximum absolute atomic E-state index is 13.5. The molecule has 1 saturated heterocycles. The number of piperazine rings is 1. The maximum atomic E-state index is 13.5. The Morgan fingerprint density at radius 3 is 2.34 bits per heavy atom. The van der Waals surface area contributed by atoms with Crippen LogP contribution in [-0.2, 0) is 0 Å². The summed E-state index contributed by atoms with van der Waals surface area (Å²) in [6.07, 6.45) is 0.644. The highest BCUT2D eigenvalue weighted by Crippen LogP contribution is 2.33. The minimum atomic E-state index is -0.369. The van der Waals surface area contributed by atoms with Crippen molar-refractivity contribution in [1.29, 1.82) is 0 Å². The predicted molar refractivity (Wildman–Crippen MR) is 131 cm³/mol. The molecule has 168 valence electrons. The molecule has 6 heteroatoms. The molecular weight excluding hydrogens is 446 g/mol. The van der Waals surface area contributed by atoms with Gasteiger partial charge in [-0.25, -0.2) is 4.39 Å². The molecule has 0 aliphatic carbocycles. The molecular formula is C26H27Cl2FN2O. The zero-order valence-electron chi connectivity index (χ0n) is 18.1. The molecule has 1 atom stereocenters. The van der Waals surface area contributed by atoms with E-state index in [2.05, 4.69) is 34.9 Å². The van der Waals surface area contributed by atoms with E-state index in [4.69, 9.17) is 27.9 Å². The Kier molecular flexibility index (Phi) is 7.56. The highest BCUT2D eigenvalue weighted by molar-refractivity contribution is 6.33. The number of aryl methyl sites for hydroxylation is 1. The zero-order chi connectivity index (χ0) is 22.5. The van der Waals surface area contributed by atoms with Crippen molar-refractivity contribution >= 4 is 28.9 Å². The van der Waals surface area contributed by atoms with Crippen molar-refractivity contribution in [3.8, 4) is 5.75 Å². The van der Waals surface area contributed by atoms with Crippen LogP contribution in [-0.4, -0.2) is 37.6 Å². The van der Waals surface area contributed by atoms with Crippen LogP contribution in [0.4, 0.5) is 10.1 Å². The highest BCUT2D eigenvalue weighted by atomic mass is 35.5. The van der Waals surface area contributed by atoms with Gasteiger partial charge in [-0.2, -0.15) is 0 Å². The van der Waals surface area contributed by atoms with Gasteiger partial charge in [0, 0.05) is 39.1 Å². The number of rotatable bonds is 7. The van der Waals surface area contributed by atoms with Crippen LogP contribution in [0.2, 0.25) is 10.0 Å². The van der Waals surface area contributed by atoms with Crippen LogP contribution in [0.15, 0.2) is 66.7 Å². The average molecular weight is 473 g/mol. The average Bonchev–Trinajstić information content (AvgIpc) is 2.79. The molecule has 1 fully saturated rings. The number of halogens is 3. The molecule has 3 aromatic carbocycles. The highest BCUT2D eigenvalue weighted by Gasteiger charge is 2.22.